The van der Waals surface area contributed by atoms with E-state index in [9.17, 15) is 0 Å². The van der Waals surface area contributed by atoms with Gasteiger partial charge in [-0.1, -0.05) is 102 Å². The van der Waals surface area contributed by atoms with Gasteiger partial charge in [-0.05, 0) is 85.8 Å². The standard InChI is InChI=1S/C35H46ClN3.2ClH.Fe/c1-19(2)28-13-23(9)14-29(20(3)4)34(28)37-25(11)32-17-27(36)18-33(39-32)26(12)38-35-30(21(5)6)15-24(10)16-31(35)22(7)8;;;/h13-22H,1-12H3;2*1H;/q;;;+2/p-2. The van der Waals surface area contributed by atoms with Crippen molar-refractivity contribution in [1.29, 1.82) is 0 Å². The molecule has 0 bridgehead atoms. The van der Waals surface area contributed by atoms with Gasteiger partial charge in [0.15, 0.2) is 0 Å². The normalized spacial score (nSPS) is 12.0. The predicted molar refractivity (Wildman–Crippen MR) is 172 cm³/mol. The van der Waals surface area contributed by atoms with Crippen LogP contribution in [0.2, 0.25) is 5.02 Å². The van der Waals surface area contributed by atoms with E-state index in [1.165, 1.54) is 33.4 Å². The predicted octanol–water partition coefficient (Wildman–Crippen LogP) is 5.13. The summed E-state index contributed by atoms with van der Waals surface area (Å²) >= 11 is 6.66. The summed E-state index contributed by atoms with van der Waals surface area (Å²) < 4.78 is 0. The molecule has 3 nitrogen and oxygen atoms in total. The number of nitrogens with zero attached hydrogens (tertiary/aromatic N) is 3. The van der Waals surface area contributed by atoms with Gasteiger partial charge < -0.3 is 24.8 Å². The van der Waals surface area contributed by atoms with Crippen LogP contribution in [-0.4, -0.2) is 16.4 Å². The van der Waals surface area contributed by atoms with Crippen molar-refractivity contribution in [1.82, 2.24) is 4.98 Å². The molecule has 0 spiro atoms. The number of aromatic nitrogens is 1. The van der Waals surface area contributed by atoms with Crippen LogP contribution in [-0.2, 0) is 17.1 Å². The van der Waals surface area contributed by atoms with Crippen LogP contribution in [0.3, 0.4) is 0 Å². The number of pyridine rings is 1. The van der Waals surface area contributed by atoms with Crippen LogP contribution in [0.15, 0.2) is 46.4 Å². The molecule has 0 fully saturated rings. The van der Waals surface area contributed by atoms with E-state index in [1.807, 2.05) is 26.0 Å². The maximum atomic E-state index is 6.66. The van der Waals surface area contributed by atoms with E-state index in [2.05, 4.69) is 93.5 Å². The average Bonchev–Trinajstić information content (AvgIpc) is 2.84. The van der Waals surface area contributed by atoms with Crippen molar-refractivity contribution in [3.05, 3.63) is 86.2 Å². The summed E-state index contributed by atoms with van der Waals surface area (Å²) in [6.07, 6.45) is 0. The Labute approximate surface area is 282 Å². The summed E-state index contributed by atoms with van der Waals surface area (Å²) in [4.78, 5) is 15.4. The largest absolute Gasteiger partial charge is 2.00 e. The molecule has 0 saturated heterocycles. The van der Waals surface area contributed by atoms with Crippen molar-refractivity contribution in [2.45, 2.75) is 107 Å². The molecule has 0 aliphatic rings. The second-order valence-electron chi connectivity index (χ2n) is 12.2. The fourth-order valence-electron chi connectivity index (χ4n) is 5.01. The smallest absolute Gasteiger partial charge is 1.00 e. The Morgan fingerprint density at radius 3 is 1.07 bits per heavy atom. The molecule has 0 aliphatic heterocycles. The molecule has 0 N–H and O–H groups in total. The first-order chi connectivity index (χ1) is 18.2. The molecule has 7 heteroatoms. The molecule has 42 heavy (non-hydrogen) atoms. The fraction of sp³-hybridized carbons (Fsp3) is 0.457. The number of hydrogen-bond donors (Lipinski definition) is 0. The molecule has 0 radical (unpaired) electrons. The first-order valence-electron chi connectivity index (χ1n) is 14.3. The molecular formula is C35H46Cl3FeN3. The zero-order chi connectivity index (χ0) is 29.2. The maximum absolute atomic E-state index is 6.66. The Bertz CT molecular complexity index is 1260. The van der Waals surface area contributed by atoms with Gasteiger partial charge in [0.2, 0.25) is 0 Å². The summed E-state index contributed by atoms with van der Waals surface area (Å²) in [6.45, 7) is 26.2. The summed E-state index contributed by atoms with van der Waals surface area (Å²) in [7, 11) is 0. The van der Waals surface area contributed by atoms with E-state index < -0.39 is 0 Å². The van der Waals surface area contributed by atoms with Crippen molar-refractivity contribution < 1.29 is 41.9 Å². The van der Waals surface area contributed by atoms with Gasteiger partial charge in [-0.2, -0.15) is 0 Å². The van der Waals surface area contributed by atoms with E-state index >= 15 is 0 Å². The minimum absolute atomic E-state index is 0. The fourth-order valence-corrected chi connectivity index (χ4v) is 5.21. The minimum Gasteiger partial charge on any atom is -1.00 e. The number of benzene rings is 2. The molecule has 3 rings (SSSR count). The number of halogens is 3. The number of hydrogen-bond acceptors (Lipinski definition) is 3. The second-order valence-corrected chi connectivity index (χ2v) is 12.6. The third-order valence-corrected chi connectivity index (χ3v) is 7.42. The monoisotopic (exact) mass is 669 g/mol. The van der Waals surface area contributed by atoms with E-state index in [0.717, 1.165) is 34.2 Å². The van der Waals surface area contributed by atoms with Crippen LogP contribution in [0, 0.1) is 13.8 Å². The molecule has 0 atom stereocenters. The minimum atomic E-state index is 0. The van der Waals surface area contributed by atoms with Crippen molar-refractivity contribution in [3.63, 3.8) is 0 Å². The molecule has 0 aliphatic carbocycles. The van der Waals surface area contributed by atoms with Crippen LogP contribution < -0.4 is 24.8 Å². The molecule has 1 aromatic heterocycles. The number of aliphatic imine (C=N–C) groups is 2. The van der Waals surface area contributed by atoms with E-state index in [1.54, 1.807) is 0 Å². The molecule has 0 unspecified atom stereocenters. The van der Waals surface area contributed by atoms with Gasteiger partial charge >= 0.3 is 17.1 Å². The Morgan fingerprint density at radius 2 is 0.833 bits per heavy atom. The summed E-state index contributed by atoms with van der Waals surface area (Å²) in [5, 5.41) is 0.633. The molecule has 0 amide bonds. The maximum Gasteiger partial charge on any atom is 2.00 e. The van der Waals surface area contributed by atoms with Gasteiger partial charge in [-0.3, -0.25) is 9.98 Å². The summed E-state index contributed by atoms with van der Waals surface area (Å²) in [6, 6.07) is 12.8. The van der Waals surface area contributed by atoms with Crippen molar-refractivity contribution in [2.24, 2.45) is 9.98 Å². The Morgan fingerprint density at radius 1 is 0.571 bits per heavy atom. The third kappa shape index (κ3) is 9.66. The Kier molecular flexibility index (Phi) is 16.3. The number of rotatable bonds is 8. The van der Waals surface area contributed by atoms with Crippen LogP contribution in [0.4, 0.5) is 11.4 Å². The van der Waals surface area contributed by atoms with Crippen LogP contribution >= 0.6 is 11.6 Å². The molecule has 2 aromatic carbocycles. The van der Waals surface area contributed by atoms with E-state index in [4.69, 9.17) is 26.6 Å². The van der Waals surface area contributed by atoms with Crippen molar-refractivity contribution in [2.75, 3.05) is 0 Å². The third-order valence-electron chi connectivity index (χ3n) is 7.20. The average molecular weight is 671 g/mol. The first-order valence-corrected chi connectivity index (χ1v) is 14.6. The summed E-state index contributed by atoms with van der Waals surface area (Å²) in [5.41, 5.74) is 12.9. The van der Waals surface area contributed by atoms with Crippen molar-refractivity contribution in [3.8, 4) is 0 Å². The van der Waals surface area contributed by atoms with Crippen LogP contribution in [0.1, 0.15) is 138 Å². The quantitative estimate of drug-likeness (QED) is 0.242. The molecular weight excluding hydrogens is 625 g/mol. The van der Waals surface area contributed by atoms with Crippen LogP contribution in [0.25, 0.3) is 0 Å². The van der Waals surface area contributed by atoms with Crippen LogP contribution in [0.5, 0.6) is 0 Å². The second kappa shape index (κ2) is 17.0. The zero-order valence-corrected chi connectivity index (χ0v) is 30.5. The Balaban J connectivity index is 0.00000560. The molecule has 230 valence electrons. The molecule has 0 saturated carbocycles. The van der Waals surface area contributed by atoms with E-state index in [-0.39, 0.29) is 41.9 Å². The molecule has 3 aromatic rings. The number of aryl methyl sites for hydroxylation is 2. The van der Waals surface area contributed by atoms with Crippen molar-refractivity contribution >= 4 is 34.4 Å². The van der Waals surface area contributed by atoms with Gasteiger partial charge in [0.1, 0.15) is 0 Å². The van der Waals surface area contributed by atoms with Gasteiger partial charge in [-0.15, -0.1) is 0 Å². The SMILES string of the molecule is CC(=Nc1c(C(C)C)cc(C)cc1C(C)C)c1cc(Cl)cc(C(C)=Nc2c(C(C)C)cc(C)cc2C(C)C)n1.[Cl-].[Cl-].[Fe+2]. The van der Waals surface area contributed by atoms with Gasteiger partial charge in [0.25, 0.3) is 0 Å². The topological polar surface area (TPSA) is 37.6 Å². The first kappa shape index (κ1) is 40.3. The van der Waals surface area contributed by atoms with Gasteiger partial charge in [0, 0.05) is 5.02 Å². The zero-order valence-electron chi connectivity index (χ0n) is 27.1. The summed E-state index contributed by atoms with van der Waals surface area (Å²) in [5.74, 6) is 1.47. The Hall–Kier alpha value is -1.68. The van der Waals surface area contributed by atoms with Gasteiger partial charge in [0.05, 0.1) is 34.2 Å². The van der Waals surface area contributed by atoms with E-state index in [0.29, 0.717) is 28.7 Å². The molecule has 1 heterocycles. The van der Waals surface area contributed by atoms with Gasteiger partial charge in [-0.25, -0.2) is 4.98 Å².